The molecule has 13 heavy (non-hydrogen) atoms. The molecule has 0 spiro atoms. The number of hydrogen-bond acceptors (Lipinski definition) is 3. The molecule has 1 aliphatic rings. The molecular weight excluding hydrogens is 170 g/mol. The van der Waals surface area contributed by atoms with Crippen molar-refractivity contribution in [2.24, 2.45) is 0 Å². The fourth-order valence-electron chi connectivity index (χ4n) is 1.14. The highest BCUT2D eigenvalue weighted by atomic mass is 16.2. The number of rotatable bonds is 2. The van der Waals surface area contributed by atoms with Crippen LogP contribution in [0.1, 0.15) is 13.8 Å². The molecule has 0 aromatic carbocycles. The summed E-state index contributed by atoms with van der Waals surface area (Å²) >= 11 is 0. The van der Waals surface area contributed by atoms with E-state index in [9.17, 15) is 9.59 Å². The van der Waals surface area contributed by atoms with Crippen LogP contribution >= 0.6 is 0 Å². The smallest absolute Gasteiger partial charge is 0.239 e. The van der Waals surface area contributed by atoms with Crippen molar-refractivity contribution in [2.75, 3.05) is 13.1 Å². The first-order valence-corrected chi connectivity index (χ1v) is 4.40. The molecule has 2 amide bonds. The van der Waals surface area contributed by atoms with E-state index < -0.39 is 0 Å². The van der Waals surface area contributed by atoms with E-state index in [0.29, 0.717) is 6.54 Å². The summed E-state index contributed by atoms with van der Waals surface area (Å²) in [7, 11) is 0. The number of nitrogens with one attached hydrogen (secondary N) is 3. The van der Waals surface area contributed by atoms with Crippen LogP contribution in [-0.4, -0.2) is 37.0 Å². The molecule has 0 aliphatic carbocycles. The largest absolute Gasteiger partial charge is 0.353 e. The van der Waals surface area contributed by atoms with Crippen LogP contribution in [0.15, 0.2) is 0 Å². The van der Waals surface area contributed by atoms with E-state index in [2.05, 4.69) is 16.0 Å². The van der Waals surface area contributed by atoms with Crippen LogP contribution in [0.3, 0.4) is 0 Å². The zero-order valence-electron chi connectivity index (χ0n) is 7.89. The normalized spacial score (nSPS) is 22.7. The monoisotopic (exact) mass is 185 g/mol. The second-order valence-electron chi connectivity index (χ2n) is 3.40. The maximum atomic E-state index is 11.4. The average molecular weight is 185 g/mol. The maximum Gasteiger partial charge on any atom is 0.239 e. The van der Waals surface area contributed by atoms with E-state index >= 15 is 0 Å². The van der Waals surface area contributed by atoms with E-state index in [1.807, 2.05) is 13.8 Å². The summed E-state index contributed by atoms with van der Waals surface area (Å²) in [4.78, 5) is 22.1. The molecule has 1 unspecified atom stereocenters. The molecule has 0 aromatic heterocycles. The van der Waals surface area contributed by atoms with Crippen LogP contribution in [0.5, 0.6) is 0 Å². The molecule has 1 aliphatic heterocycles. The minimum atomic E-state index is -0.292. The van der Waals surface area contributed by atoms with Crippen LogP contribution < -0.4 is 16.0 Å². The first kappa shape index (κ1) is 9.98. The SMILES string of the molecule is CC(C)NC(=O)C1CNC(=O)CN1. The minimum absolute atomic E-state index is 0.0602. The van der Waals surface area contributed by atoms with Gasteiger partial charge < -0.3 is 10.6 Å². The molecule has 1 rings (SSSR count). The third-order valence-electron chi connectivity index (χ3n) is 1.76. The first-order chi connectivity index (χ1) is 6.09. The van der Waals surface area contributed by atoms with Crippen molar-refractivity contribution < 1.29 is 9.59 Å². The highest BCUT2D eigenvalue weighted by Gasteiger charge is 2.23. The van der Waals surface area contributed by atoms with Crippen molar-refractivity contribution in [3.63, 3.8) is 0 Å². The van der Waals surface area contributed by atoms with Crippen LogP contribution in [0.2, 0.25) is 0 Å². The Bertz CT molecular complexity index is 205. The lowest BCUT2D eigenvalue weighted by Crippen LogP contribution is -2.58. The van der Waals surface area contributed by atoms with Crippen molar-refractivity contribution in [3.8, 4) is 0 Å². The Morgan fingerprint density at radius 2 is 2.31 bits per heavy atom. The van der Waals surface area contributed by atoms with E-state index in [1.165, 1.54) is 0 Å². The van der Waals surface area contributed by atoms with Gasteiger partial charge in [0.05, 0.1) is 6.54 Å². The highest BCUT2D eigenvalue weighted by Crippen LogP contribution is 1.89. The van der Waals surface area contributed by atoms with Crippen LogP contribution in [0.4, 0.5) is 0 Å². The Hall–Kier alpha value is -1.10. The molecule has 1 atom stereocenters. The van der Waals surface area contributed by atoms with Gasteiger partial charge in [0, 0.05) is 12.6 Å². The Morgan fingerprint density at radius 1 is 1.62 bits per heavy atom. The maximum absolute atomic E-state index is 11.4. The lowest BCUT2D eigenvalue weighted by molar-refractivity contribution is -0.126. The van der Waals surface area contributed by atoms with Gasteiger partial charge in [-0.15, -0.1) is 0 Å². The molecule has 0 radical (unpaired) electrons. The summed E-state index contributed by atoms with van der Waals surface area (Å²) in [6.07, 6.45) is 0. The second kappa shape index (κ2) is 4.23. The van der Waals surface area contributed by atoms with E-state index in [1.54, 1.807) is 0 Å². The third kappa shape index (κ3) is 3.02. The number of carbonyl (C=O) groups excluding carboxylic acids is 2. The van der Waals surface area contributed by atoms with Crippen LogP contribution in [0, 0.1) is 0 Å². The molecule has 3 N–H and O–H groups in total. The van der Waals surface area contributed by atoms with Gasteiger partial charge in [-0.25, -0.2) is 0 Å². The second-order valence-corrected chi connectivity index (χ2v) is 3.40. The third-order valence-corrected chi connectivity index (χ3v) is 1.76. The van der Waals surface area contributed by atoms with Gasteiger partial charge in [0.1, 0.15) is 6.04 Å². The number of amides is 2. The molecule has 0 aromatic rings. The van der Waals surface area contributed by atoms with Crippen molar-refractivity contribution in [1.82, 2.24) is 16.0 Å². The van der Waals surface area contributed by atoms with Crippen LogP contribution in [0.25, 0.3) is 0 Å². The molecule has 5 nitrogen and oxygen atoms in total. The van der Waals surface area contributed by atoms with E-state index in [4.69, 9.17) is 0 Å². The molecule has 74 valence electrons. The van der Waals surface area contributed by atoms with Crippen molar-refractivity contribution in [3.05, 3.63) is 0 Å². The molecule has 1 fully saturated rings. The fourth-order valence-corrected chi connectivity index (χ4v) is 1.14. The number of carbonyl (C=O) groups is 2. The van der Waals surface area contributed by atoms with Gasteiger partial charge in [-0.3, -0.25) is 14.9 Å². The van der Waals surface area contributed by atoms with Gasteiger partial charge in [-0.1, -0.05) is 0 Å². The zero-order chi connectivity index (χ0) is 9.84. The van der Waals surface area contributed by atoms with Crippen molar-refractivity contribution in [2.45, 2.75) is 25.9 Å². The number of hydrogen-bond donors (Lipinski definition) is 3. The molecule has 5 heteroatoms. The lowest BCUT2D eigenvalue weighted by atomic mass is 10.2. The zero-order valence-corrected chi connectivity index (χ0v) is 7.89. The van der Waals surface area contributed by atoms with Gasteiger partial charge in [-0.05, 0) is 13.8 Å². The Kier molecular flexibility index (Phi) is 3.25. The predicted molar refractivity (Wildman–Crippen MR) is 48.1 cm³/mol. The summed E-state index contributed by atoms with van der Waals surface area (Å²) in [5.74, 6) is -0.122. The summed E-state index contributed by atoms with van der Waals surface area (Å²) in [5, 5.41) is 8.25. The van der Waals surface area contributed by atoms with Gasteiger partial charge in [-0.2, -0.15) is 0 Å². The summed E-state index contributed by atoms with van der Waals surface area (Å²) in [6.45, 7) is 4.40. The quantitative estimate of drug-likeness (QED) is 0.495. The highest BCUT2D eigenvalue weighted by molar-refractivity contribution is 5.86. The Labute approximate surface area is 77.3 Å². The molecule has 1 saturated heterocycles. The lowest BCUT2D eigenvalue weighted by Gasteiger charge is -2.23. The van der Waals surface area contributed by atoms with E-state index in [0.717, 1.165) is 0 Å². The number of piperazine rings is 1. The Balaban J connectivity index is 2.35. The average Bonchev–Trinajstić information content (AvgIpc) is 2.04. The molecule has 0 bridgehead atoms. The van der Waals surface area contributed by atoms with Gasteiger partial charge in [0.25, 0.3) is 0 Å². The molecule has 0 saturated carbocycles. The van der Waals surface area contributed by atoms with Crippen molar-refractivity contribution in [1.29, 1.82) is 0 Å². The molecule has 1 heterocycles. The fraction of sp³-hybridized carbons (Fsp3) is 0.750. The minimum Gasteiger partial charge on any atom is -0.353 e. The predicted octanol–water partition coefficient (Wildman–Crippen LogP) is -1.40. The van der Waals surface area contributed by atoms with Gasteiger partial charge >= 0.3 is 0 Å². The topological polar surface area (TPSA) is 70.2 Å². The summed E-state index contributed by atoms with van der Waals surface area (Å²) < 4.78 is 0. The van der Waals surface area contributed by atoms with Gasteiger partial charge in [0.15, 0.2) is 0 Å². The Morgan fingerprint density at radius 3 is 2.77 bits per heavy atom. The first-order valence-electron chi connectivity index (χ1n) is 4.40. The standard InChI is InChI=1S/C8H15N3O2/c1-5(2)11-8(13)6-3-10-7(12)4-9-6/h5-6,9H,3-4H2,1-2H3,(H,10,12)(H,11,13). The van der Waals surface area contributed by atoms with E-state index in [-0.39, 0.29) is 30.4 Å². The van der Waals surface area contributed by atoms with Crippen molar-refractivity contribution >= 4 is 11.8 Å². The van der Waals surface area contributed by atoms with Gasteiger partial charge in [0.2, 0.25) is 11.8 Å². The summed E-state index contributed by atoms with van der Waals surface area (Å²) in [6, 6.07) is -0.160. The van der Waals surface area contributed by atoms with Crippen LogP contribution in [-0.2, 0) is 9.59 Å². The summed E-state index contributed by atoms with van der Waals surface area (Å²) in [5.41, 5.74) is 0. The molecular formula is C8H15N3O2.